The summed E-state index contributed by atoms with van der Waals surface area (Å²) in [6, 6.07) is 6.22. The van der Waals surface area contributed by atoms with E-state index in [4.69, 9.17) is 10.5 Å². The minimum absolute atomic E-state index is 0.202. The number of ether oxygens (including phenoxy) is 1. The van der Waals surface area contributed by atoms with Gasteiger partial charge in [-0.1, -0.05) is 0 Å². The number of carbonyl (C=O) groups excluding carboxylic acids is 2. The van der Waals surface area contributed by atoms with Gasteiger partial charge in [0.1, 0.15) is 23.8 Å². The van der Waals surface area contributed by atoms with Crippen molar-refractivity contribution in [2.45, 2.75) is 44.8 Å². The van der Waals surface area contributed by atoms with Crippen LogP contribution >= 0.6 is 0 Å². The van der Waals surface area contributed by atoms with E-state index in [1.54, 1.807) is 25.1 Å². The summed E-state index contributed by atoms with van der Waals surface area (Å²) in [5, 5.41) is 5.82. The molecule has 4 N–H and O–H groups in total. The summed E-state index contributed by atoms with van der Waals surface area (Å²) in [5.74, 6) is -0.192. The highest BCUT2D eigenvalue weighted by Gasteiger charge is 2.19. The minimum Gasteiger partial charge on any atom is -0.490 e. The van der Waals surface area contributed by atoms with E-state index < -0.39 is 11.9 Å². The van der Waals surface area contributed by atoms with Crippen molar-refractivity contribution < 1.29 is 14.3 Å². The molecule has 27 heavy (non-hydrogen) atoms. The molecule has 0 aliphatic heterocycles. The first-order chi connectivity index (χ1) is 13.0. The third-order valence-corrected chi connectivity index (χ3v) is 4.46. The monoisotopic (exact) mass is 369 g/mol. The largest absolute Gasteiger partial charge is 0.490 e. The lowest BCUT2D eigenvalue weighted by Gasteiger charge is -2.19. The number of rotatable bonds is 7. The second-order valence-electron chi connectivity index (χ2n) is 6.55. The molecule has 3 rings (SSSR count). The Kier molecular flexibility index (Phi) is 5.85. The first-order valence-electron chi connectivity index (χ1n) is 8.97. The smallest absolute Gasteiger partial charge is 0.274 e. The molecule has 8 heteroatoms. The van der Waals surface area contributed by atoms with Gasteiger partial charge < -0.3 is 21.1 Å². The van der Waals surface area contributed by atoms with Crippen LogP contribution in [0, 0.1) is 0 Å². The Hall–Kier alpha value is -3.16. The van der Waals surface area contributed by atoms with Crippen LogP contribution in [0.4, 0.5) is 11.4 Å². The summed E-state index contributed by atoms with van der Waals surface area (Å²) in [4.78, 5) is 31.6. The zero-order valence-corrected chi connectivity index (χ0v) is 15.1. The molecular formula is C19H23N5O3. The lowest BCUT2D eigenvalue weighted by molar-refractivity contribution is -0.118. The zero-order valence-electron chi connectivity index (χ0n) is 15.1. The summed E-state index contributed by atoms with van der Waals surface area (Å²) in [5.41, 5.74) is 6.66. The third kappa shape index (κ3) is 4.93. The number of benzene rings is 1. The number of nitrogens with zero attached hydrogens (tertiary/aromatic N) is 2. The number of nitrogens with two attached hydrogens (primary N) is 1. The van der Waals surface area contributed by atoms with Crippen molar-refractivity contribution >= 4 is 23.2 Å². The van der Waals surface area contributed by atoms with Gasteiger partial charge in [0.05, 0.1) is 17.5 Å². The fraction of sp³-hybridized carbons (Fsp3) is 0.368. The van der Waals surface area contributed by atoms with Crippen LogP contribution in [0.15, 0.2) is 36.8 Å². The van der Waals surface area contributed by atoms with Gasteiger partial charge in [-0.2, -0.15) is 0 Å². The van der Waals surface area contributed by atoms with E-state index in [1.165, 1.54) is 31.4 Å². The Morgan fingerprint density at radius 3 is 2.67 bits per heavy atom. The lowest BCUT2D eigenvalue weighted by Crippen LogP contribution is -2.32. The number of carbonyl (C=O) groups is 2. The van der Waals surface area contributed by atoms with E-state index in [2.05, 4.69) is 20.6 Å². The molecule has 1 aliphatic carbocycles. The van der Waals surface area contributed by atoms with Crippen LogP contribution < -0.4 is 21.1 Å². The SMILES string of the molecule is C[C@H](Nc1cc(OC2CCCC2)ccc1NC(=O)c1ccncn1)C(N)=O. The highest BCUT2D eigenvalue weighted by molar-refractivity contribution is 6.04. The maximum absolute atomic E-state index is 12.4. The molecule has 1 aromatic carbocycles. The Labute approximate surface area is 157 Å². The number of anilines is 2. The summed E-state index contributed by atoms with van der Waals surface area (Å²) in [7, 11) is 0. The molecule has 1 fully saturated rings. The van der Waals surface area contributed by atoms with Crippen molar-refractivity contribution in [1.82, 2.24) is 9.97 Å². The van der Waals surface area contributed by atoms with E-state index in [0.717, 1.165) is 12.8 Å². The molecule has 8 nitrogen and oxygen atoms in total. The number of nitrogens with one attached hydrogen (secondary N) is 2. The first-order valence-corrected chi connectivity index (χ1v) is 8.97. The fourth-order valence-corrected chi connectivity index (χ4v) is 2.94. The van der Waals surface area contributed by atoms with Gasteiger partial charge >= 0.3 is 0 Å². The van der Waals surface area contributed by atoms with Gasteiger partial charge in [0.2, 0.25) is 5.91 Å². The van der Waals surface area contributed by atoms with Crippen LogP contribution in [0.3, 0.4) is 0 Å². The highest BCUT2D eigenvalue weighted by atomic mass is 16.5. The van der Waals surface area contributed by atoms with E-state index >= 15 is 0 Å². The molecule has 1 aromatic heterocycles. The summed E-state index contributed by atoms with van der Waals surface area (Å²) in [6.07, 6.45) is 7.41. The maximum Gasteiger partial charge on any atom is 0.274 e. The lowest BCUT2D eigenvalue weighted by atomic mass is 10.2. The molecule has 1 heterocycles. The molecule has 1 aliphatic rings. The molecule has 2 amide bonds. The Balaban J connectivity index is 1.81. The van der Waals surface area contributed by atoms with Gasteiger partial charge in [-0.15, -0.1) is 0 Å². The van der Waals surface area contributed by atoms with Crippen LogP contribution in [0.1, 0.15) is 43.1 Å². The highest BCUT2D eigenvalue weighted by Crippen LogP contribution is 2.31. The van der Waals surface area contributed by atoms with Gasteiger partial charge in [0.25, 0.3) is 5.91 Å². The molecule has 1 atom stereocenters. The number of amides is 2. The second kappa shape index (κ2) is 8.48. The van der Waals surface area contributed by atoms with E-state index in [1.807, 2.05) is 0 Å². The van der Waals surface area contributed by atoms with Crippen LogP contribution in [0.5, 0.6) is 5.75 Å². The average molecular weight is 369 g/mol. The van der Waals surface area contributed by atoms with Crippen molar-refractivity contribution in [1.29, 1.82) is 0 Å². The quantitative estimate of drug-likeness (QED) is 0.689. The summed E-state index contributed by atoms with van der Waals surface area (Å²) >= 11 is 0. The predicted octanol–water partition coefficient (Wildman–Crippen LogP) is 2.34. The van der Waals surface area contributed by atoms with Gasteiger partial charge in [0.15, 0.2) is 0 Å². The minimum atomic E-state index is -0.610. The molecule has 2 aromatic rings. The van der Waals surface area contributed by atoms with Gasteiger partial charge in [0, 0.05) is 12.3 Å². The van der Waals surface area contributed by atoms with E-state index in [0.29, 0.717) is 17.1 Å². The molecule has 0 spiro atoms. The van der Waals surface area contributed by atoms with Gasteiger partial charge in [-0.25, -0.2) is 9.97 Å². The Bertz CT molecular complexity index is 806. The second-order valence-corrected chi connectivity index (χ2v) is 6.55. The third-order valence-electron chi connectivity index (χ3n) is 4.46. The molecular weight excluding hydrogens is 346 g/mol. The van der Waals surface area contributed by atoms with Crippen molar-refractivity contribution in [2.75, 3.05) is 10.6 Å². The summed E-state index contributed by atoms with van der Waals surface area (Å²) in [6.45, 7) is 1.66. The molecule has 0 saturated heterocycles. The van der Waals surface area contributed by atoms with Gasteiger partial charge in [-0.3, -0.25) is 9.59 Å². The molecule has 142 valence electrons. The van der Waals surface area contributed by atoms with Crippen molar-refractivity contribution in [2.24, 2.45) is 5.73 Å². The molecule has 0 unspecified atom stereocenters. The van der Waals surface area contributed by atoms with E-state index in [-0.39, 0.29) is 17.7 Å². The molecule has 1 saturated carbocycles. The number of aromatic nitrogens is 2. The number of hydrogen-bond acceptors (Lipinski definition) is 6. The van der Waals surface area contributed by atoms with Crippen LogP contribution in [-0.4, -0.2) is 33.9 Å². The molecule has 0 bridgehead atoms. The average Bonchev–Trinajstić information content (AvgIpc) is 3.17. The maximum atomic E-state index is 12.4. The topological polar surface area (TPSA) is 119 Å². The van der Waals surface area contributed by atoms with E-state index in [9.17, 15) is 9.59 Å². The fourth-order valence-electron chi connectivity index (χ4n) is 2.94. The van der Waals surface area contributed by atoms with Crippen molar-refractivity contribution in [3.8, 4) is 5.75 Å². The molecule has 0 radical (unpaired) electrons. The Morgan fingerprint density at radius 1 is 1.22 bits per heavy atom. The first kappa shape index (κ1) is 18.6. The summed E-state index contributed by atoms with van der Waals surface area (Å²) < 4.78 is 6.01. The normalized spacial score (nSPS) is 15.1. The zero-order chi connectivity index (χ0) is 19.2. The van der Waals surface area contributed by atoms with Crippen molar-refractivity contribution in [3.63, 3.8) is 0 Å². The number of hydrogen-bond donors (Lipinski definition) is 3. The van der Waals surface area contributed by atoms with Crippen LogP contribution in [0.25, 0.3) is 0 Å². The van der Waals surface area contributed by atoms with Gasteiger partial charge in [-0.05, 0) is 50.8 Å². The number of primary amides is 1. The predicted molar refractivity (Wildman–Crippen MR) is 102 cm³/mol. The van der Waals surface area contributed by atoms with Crippen LogP contribution in [0.2, 0.25) is 0 Å². The van der Waals surface area contributed by atoms with Crippen molar-refractivity contribution in [3.05, 3.63) is 42.5 Å². The van der Waals surface area contributed by atoms with Crippen LogP contribution in [-0.2, 0) is 4.79 Å². The standard InChI is InChI=1S/C19H23N5O3/c1-12(18(20)25)23-17-10-14(27-13-4-2-3-5-13)6-7-15(17)24-19(26)16-8-9-21-11-22-16/h6-13,23H,2-5H2,1H3,(H2,20,25)(H,24,26)/t12-/m0/s1. The Morgan fingerprint density at radius 2 is 2.00 bits per heavy atom.